The molecule has 152 valence electrons. The third-order valence-corrected chi connectivity index (χ3v) is 4.89. The van der Waals surface area contributed by atoms with Crippen LogP contribution in [0.3, 0.4) is 0 Å². The fourth-order valence-electron chi connectivity index (χ4n) is 3.14. The van der Waals surface area contributed by atoms with Crippen LogP contribution >= 0.6 is 0 Å². The Balaban J connectivity index is 1.64. The minimum atomic E-state index is -0.382. The minimum Gasteiger partial charge on any atom is -0.476 e. The minimum absolute atomic E-state index is 0.0588. The summed E-state index contributed by atoms with van der Waals surface area (Å²) in [6, 6.07) is 14.3. The third kappa shape index (κ3) is 3.85. The Morgan fingerprint density at radius 3 is 2.60 bits per heavy atom. The molecule has 0 aliphatic heterocycles. The Labute approximate surface area is 173 Å². The van der Waals surface area contributed by atoms with Crippen molar-refractivity contribution >= 4 is 22.6 Å². The number of amides is 1. The smallest absolute Gasteiger partial charge is 0.262 e. The second-order valence-corrected chi connectivity index (χ2v) is 7.20. The third-order valence-electron chi connectivity index (χ3n) is 4.89. The summed E-state index contributed by atoms with van der Waals surface area (Å²) in [6.45, 7) is 5.54. The zero-order valence-electron chi connectivity index (χ0n) is 16.9. The van der Waals surface area contributed by atoms with Gasteiger partial charge < -0.3 is 18.9 Å². The first-order chi connectivity index (χ1) is 14.4. The van der Waals surface area contributed by atoms with E-state index < -0.39 is 0 Å². The van der Waals surface area contributed by atoms with Gasteiger partial charge in [0.2, 0.25) is 16.9 Å². The van der Waals surface area contributed by atoms with Gasteiger partial charge in [-0.3, -0.25) is 9.59 Å². The SMILES string of the molecule is Cc1ccc2c(=O)c(OCC(=O)Nc3ccc(C)c(C)c3)c(-c3ccco3)oc2c1. The summed E-state index contributed by atoms with van der Waals surface area (Å²) in [6.07, 6.45) is 1.48. The number of ether oxygens (including phenoxy) is 1. The lowest BCUT2D eigenvalue weighted by atomic mass is 10.1. The van der Waals surface area contributed by atoms with Crippen LogP contribution in [0.2, 0.25) is 0 Å². The monoisotopic (exact) mass is 403 g/mol. The average molecular weight is 403 g/mol. The molecule has 0 unspecified atom stereocenters. The number of fused-ring (bicyclic) bond motifs is 1. The summed E-state index contributed by atoms with van der Waals surface area (Å²) in [5, 5.41) is 3.15. The van der Waals surface area contributed by atoms with Crippen LogP contribution in [0.4, 0.5) is 5.69 Å². The number of benzene rings is 2. The number of rotatable bonds is 5. The maximum absolute atomic E-state index is 13.1. The van der Waals surface area contributed by atoms with Crippen molar-refractivity contribution in [3.05, 3.63) is 81.7 Å². The molecule has 2 aromatic carbocycles. The van der Waals surface area contributed by atoms with Crippen LogP contribution in [-0.4, -0.2) is 12.5 Å². The first kappa shape index (κ1) is 19.5. The lowest BCUT2D eigenvalue weighted by molar-refractivity contribution is -0.118. The second-order valence-electron chi connectivity index (χ2n) is 7.20. The maximum atomic E-state index is 13.1. The predicted octanol–water partition coefficient (Wildman–Crippen LogP) is 5.00. The molecular weight excluding hydrogens is 382 g/mol. The summed E-state index contributed by atoms with van der Waals surface area (Å²) in [4.78, 5) is 25.5. The number of nitrogens with one attached hydrogen (secondary N) is 1. The van der Waals surface area contributed by atoms with Gasteiger partial charge in [-0.2, -0.15) is 0 Å². The van der Waals surface area contributed by atoms with Crippen LogP contribution in [0, 0.1) is 20.8 Å². The van der Waals surface area contributed by atoms with E-state index in [0.717, 1.165) is 16.7 Å². The quantitative estimate of drug-likeness (QED) is 0.507. The van der Waals surface area contributed by atoms with Gasteiger partial charge >= 0.3 is 0 Å². The summed E-state index contributed by atoms with van der Waals surface area (Å²) < 4.78 is 17.0. The Morgan fingerprint density at radius 2 is 1.87 bits per heavy atom. The van der Waals surface area contributed by atoms with E-state index in [4.69, 9.17) is 13.6 Å². The van der Waals surface area contributed by atoms with E-state index >= 15 is 0 Å². The highest BCUT2D eigenvalue weighted by Crippen LogP contribution is 2.31. The van der Waals surface area contributed by atoms with E-state index in [-0.39, 0.29) is 29.5 Å². The molecule has 0 aliphatic rings. The fraction of sp³-hybridized carbons (Fsp3) is 0.167. The van der Waals surface area contributed by atoms with Gasteiger partial charge in [-0.25, -0.2) is 0 Å². The number of furan rings is 1. The van der Waals surface area contributed by atoms with Crippen LogP contribution in [-0.2, 0) is 4.79 Å². The molecule has 0 spiro atoms. The van der Waals surface area contributed by atoms with Crippen LogP contribution in [0.15, 0.2) is 68.4 Å². The van der Waals surface area contributed by atoms with E-state index in [1.54, 1.807) is 24.3 Å². The molecule has 1 N–H and O–H groups in total. The van der Waals surface area contributed by atoms with Crippen LogP contribution in [0.25, 0.3) is 22.5 Å². The molecule has 2 heterocycles. The van der Waals surface area contributed by atoms with Gasteiger partial charge in [0, 0.05) is 5.69 Å². The number of hydrogen-bond donors (Lipinski definition) is 1. The topological polar surface area (TPSA) is 81.7 Å². The van der Waals surface area contributed by atoms with E-state index in [2.05, 4.69) is 5.32 Å². The molecule has 0 aliphatic carbocycles. The molecule has 0 bridgehead atoms. The standard InChI is InChI=1S/C24H21NO5/c1-14-6-9-18-20(11-14)30-23(19-5-4-10-28-19)24(22(18)27)29-13-21(26)25-17-8-7-15(2)16(3)12-17/h4-12H,13H2,1-3H3,(H,25,26). The molecule has 1 amide bonds. The first-order valence-corrected chi connectivity index (χ1v) is 9.53. The van der Waals surface area contributed by atoms with E-state index in [9.17, 15) is 9.59 Å². The second kappa shape index (κ2) is 7.91. The van der Waals surface area contributed by atoms with Crippen molar-refractivity contribution in [1.82, 2.24) is 0 Å². The van der Waals surface area contributed by atoms with Gasteiger partial charge in [0.1, 0.15) is 5.58 Å². The zero-order valence-corrected chi connectivity index (χ0v) is 16.9. The largest absolute Gasteiger partial charge is 0.476 e. The molecular formula is C24H21NO5. The van der Waals surface area contributed by atoms with Gasteiger partial charge in [0.05, 0.1) is 11.6 Å². The fourth-order valence-corrected chi connectivity index (χ4v) is 3.14. The molecule has 6 nitrogen and oxygen atoms in total. The molecule has 0 saturated heterocycles. The van der Waals surface area contributed by atoms with Gasteiger partial charge in [-0.1, -0.05) is 12.1 Å². The Bertz CT molecular complexity index is 1290. The molecule has 0 fully saturated rings. The van der Waals surface area contributed by atoms with Crippen molar-refractivity contribution in [2.45, 2.75) is 20.8 Å². The van der Waals surface area contributed by atoms with Crippen molar-refractivity contribution in [1.29, 1.82) is 0 Å². The average Bonchev–Trinajstić information content (AvgIpc) is 3.24. The van der Waals surface area contributed by atoms with Crippen LogP contribution < -0.4 is 15.5 Å². The molecule has 30 heavy (non-hydrogen) atoms. The summed E-state index contributed by atoms with van der Waals surface area (Å²) in [5.74, 6) is 0.0609. The Morgan fingerprint density at radius 1 is 1.03 bits per heavy atom. The lowest BCUT2D eigenvalue weighted by Crippen LogP contribution is -2.22. The van der Waals surface area contributed by atoms with Crippen molar-refractivity contribution in [3.8, 4) is 17.3 Å². The zero-order chi connectivity index (χ0) is 21.3. The highest BCUT2D eigenvalue weighted by molar-refractivity contribution is 5.92. The van der Waals surface area contributed by atoms with Crippen LogP contribution in [0.5, 0.6) is 5.75 Å². The van der Waals surface area contributed by atoms with Crippen molar-refractivity contribution in [2.75, 3.05) is 11.9 Å². The van der Waals surface area contributed by atoms with Crippen molar-refractivity contribution < 1.29 is 18.4 Å². The first-order valence-electron chi connectivity index (χ1n) is 9.53. The van der Waals surface area contributed by atoms with Gasteiger partial charge in [0.15, 0.2) is 12.4 Å². The van der Waals surface area contributed by atoms with Crippen LogP contribution in [0.1, 0.15) is 16.7 Å². The summed E-state index contributed by atoms with van der Waals surface area (Å²) in [7, 11) is 0. The number of hydrogen-bond acceptors (Lipinski definition) is 5. The van der Waals surface area contributed by atoms with Gasteiger partial charge in [-0.15, -0.1) is 0 Å². The molecule has 6 heteroatoms. The van der Waals surface area contributed by atoms with E-state index in [1.165, 1.54) is 6.26 Å². The molecule has 4 rings (SSSR count). The molecule has 2 aromatic heterocycles. The molecule has 0 saturated carbocycles. The molecule has 0 radical (unpaired) electrons. The van der Waals surface area contributed by atoms with Crippen molar-refractivity contribution in [2.24, 2.45) is 0 Å². The number of anilines is 1. The Hall–Kier alpha value is -3.80. The number of carbonyl (C=O) groups is 1. The van der Waals surface area contributed by atoms with Gasteiger partial charge in [0.25, 0.3) is 5.91 Å². The summed E-state index contributed by atoms with van der Waals surface area (Å²) in [5.41, 5.74) is 3.90. The summed E-state index contributed by atoms with van der Waals surface area (Å²) >= 11 is 0. The number of aryl methyl sites for hydroxylation is 3. The lowest BCUT2D eigenvalue weighted by Gasteiger charge is -2.11. The molecule has 0 atom stereocenters. The maximum Gasteiger partial charge on any atom is 0.262 e. The normalized spacial score (nSPS) is 10.9. The van der Waals surface area contributed by atoms with Crippen molar-refractivity contribution in [3.63, 3.8) is 0 Å². The molecule has 4 aromatic rings. The Kier molecular flexibility index (Phi) is 5.14. The highest BCUT2D eigenvalue weighted by Gasteiger charge is 2.20. The number of carbonyl (C=O) groups excluding carboxylic acids is 1. The van der Waals surface area contributed by atoms with E-state index in [1.807, 2.05) is 45.0 Å². The van der Waals surface area contributed by atoms with E-state index in [0.29, 0.717) is 22.4 Å². The predicted molar refractivity (Wildman–Crippen MR) is 115 cm³/mol. The highest BCUT2D eigenvalue weighted by atomic mass is 16.5. The van der Waals surface area contributed by atoms with Gasteiger partial charge in [-0.05, 0) is 73.9 Å².